The van der Waals surface area contributed by atoms with Gasteiger partial charge in [-0.3, -0.25) is 0 Å². The SMILES string of the molecule is N#Cc1ccc(C(=O)O)c(CCl)c1Cl. The molecule has 1 aromatic rings. The number of rotatable bonds is 2. The van der Waals surface area contributed by atoms with Crippen LogP contribution >= 0.6 is 23.2 Å². The predicted octanol–water partition coefficient (Wildman–Crippen LogP) is 2.65. The maximum Gasteiger partial charge on any atom is 0.336 e. The molecule has 0 aliphatic rings. The highest BCUT2D eigenvalue weighted by Crippen LogP contribution is 2.25. The van der Waals surface area contributed by atoms with Crippen LogP contribution < -0.4 is 0 Å². The number of aromatic carboxylic acids is 1. The summed E-state index contributed by atoms with van der Waals surface area (Å²) in [5, 5.41) is 17.5. The summed E-state index contributed by atoms with van der Waals surface area (Å²) in [4.78, 5) is 10.7. The highest BCUT2D eigenvalue weighted by Gasteiger charge is 2.15. The number of carbonyl (C=O) groups is 1. The summed E-state index contributed by atoms with van der Waals surface area (Å²) in [5.41, 5.74) is 0.538. The van der Waals surface area contributed by atoms with E-state index in [1.807, 2.05) is 6.07 Å². The van der Waals surface area contributed by atoms with Crippen molar-refractivity contribution in [3.8, 4) is 6.07 Å². The lowest BCUT2D eigenvalue weighted by Gasteiger charge is -2.05. The van der Waals surface area contributed by atoms with Crippen LogP contribution in [0.1, 0.15) is 21.5 Å². The Morgan fingerprint density at radius 2 is 2.21 bits per heavy atom. The Hall–Kier alpha value is -1.24. The van der Waals surface area contributed by atoms with E-state index in [9.17, 15) is 4.79 Å². The number of alkyl halides is 1. The zero-order valence-electron chi connectivity index (χ0n) is 6.92. The molecule has 1 rings (SSSR count). The summed E-state index contributed by atoms with van der Waals surface area (Å²) in [6.45, 7) is 0. The number of carboxylic acids is 1. The van der Waals surface area contributed by atoms with Crippen LogP contribution in [0.4, 0.5) is 0 Å². The third-order valence-corrected chi connectivity index (χ3v) is 2.43. The van der Waals surface area contributed by atoms with Gasteiger partial charge in [0.2, 0.25) is 0 Å². The van der Waals surface area contributed by atoms with E-state index < -0.39 is 5.97 Å². The van der Waals surface area contributed by atoms with E-state index in [2.05, 4.69) is 0 Å². The second kappa shape index (κ2) is 4.32. The molecule has 1 aromatic carbocycles. The summed E-state index contributed by atoms with van der Waals surface area (Å²) in [6, 6.07) is 4.54. The molecule has 3 nitrogen and oxygen atoms in total. The maximum atomic E-state index is 10.7. The Kier molecular flexibility index (Phi) is 3.34. The number of hydrogen-bond donors (Lipinski definition) is 1. The second-order valence-electron chi connectivity index (χ2n) is 2.50. The molecule has 0 aromatic heterocycles. The third kappa shape index (κ3) is 1.82. The molecule has 1 N–H and O–H groups in total. The molecular weight excluding hydrogens is 225 g/mol. The van der Waals surface area contributed by atoms with Crippen molar-refractivity contribution in [2.45, 2.75) is 5.88 Å². The normalized spacial score (nSPS) is 9.50. The van der Waals surface area contributed by atoms with Gasteiger partial charge in [-0.2, -0.15) is 5.26 Å². The first kappa shape index (κ1) is 10.8. The largest absolute Gasteiger partial charge is 0.478 e. The van der Waals surface area contributed by atoms with E-state index in [1.165, 1.54) is 12.1 Å². The Bertz CT molecular complexity index is 424. The van der Waals surface area contributed by atoms with Crippen molar-refractivity contribution >= 4 is 29.2 Å². The Morgan fingerprint density at radius 1 is 1.57 bits per heavy atom. The monoisotopic (exact) mass is 229 g/mol. The molecule has 0 radical (unpaired) electrons. The molecule has 0 bridgehead atoms. The lowest BCUT2D eigenvalue weighted by atomic mass is 10.1. The molecule has 0 saturated carbocycles. The van der Waals surface area contributed by atoms with Crippen LogP contribution in [0.5, 0.6) is 0 Å². The first-order valence-electron chi connectivity index (χ1n) is 3.62. The lowest BCUT2D eigenvalue weighted by molar-refractivity contribution is 0.0696. The van der Waals surface area contributed by atoms with Crippen molar-refractivity contribution in [1.82, 2.24) is 0 Å². The smallest absolute Gasteiger partial charge is 0.336 e. The summed E-state index contributed by atoms with van der Waals surface area (Å²) in [6.07, 6.45) is 0. The molecule has 14 heavy (non-hydrogen) atoms. The molecule has 0 fully saturated rings. The first-order valence-corrected chi connectivity index (χ1v) is 4.53. The fraction of sp³-hybridized carbons (Fsp3) is 0.111. The van der Waals surface area contributed by atoms with Gasteiger partial charge in [0.05, 0.1) is 16.1 Å². The van der Waals surface area contributed by atoms with Crippen molar-refractivity contribution in [3.63, 3.8) is 0 Å². The average Bonchev–Trinajstić information content (AvgIpc) is 2.17. The van der Waals surface area contributed by atoms with Gasteiger partial charge in [-0.05, 0) is 12.1 Å². The van der Waals surface area contributed by atoms with Gasteiger partial charge in [0.15, 0.2) is 0 Å². The minimum Gasteiger partial charge on any atom is -0.478 e. The molecule has 5 heteroatoms. The van der Waals surface area contributed by atoms with Gasteiger partial charge in [0.25, 0.3) is 0 Å². The summed E-state index contributed by atoms with van der Waals surface area (Å²) < 4.78 is 0. The Morgan fingerprint density at radius 3 is 2.64 bits per heavy atom. The van der Waals surface area contributed by atoms with Gasteiger partial charge >= 0.3 is 5.97 Å². The number of halogens is 2. The number of hydrogen-bond acceptors (Lipinski definition) is 2. The molecule has 0 unspecified atom stereocenters. The maximum absolute atomic E-state index is 10.7. The first-order chi connectivity index (χ1) is 6.61. The van der Waals surface area contributed by atoms with E-state index in [1.54, 1.807) is 0 Å². The van der Waals surface area contributed by atoms with Crippen LogP contribution in [-0.4, -0.2) is 11.1 Å². The summed E-state index contributed by atoms with van der Waals surface area (Å²) in [7, 11) is 0. The van der Waals surface area contributed by atoms with Crippen LogP contribution in [0.15, 0.2) is 12.1 Å². The Labute approximate surface area is 90.5 Å². The van der Waals surface area contributed by atoms with Gasteiger partial charge in [0, 0.05) is 11.4 Å². The van der Waals surface area contributed by atoms with Crippen molar-refractivity contribution in [2.24, 2.45) is 0 Å². The van der Waals surface area contributed by atoms with Gasteiger partial charge in [-0.15, -0.1) is 11.6 Å². The van der Waals surface area contributed by atoms with Gasteiger partial charge in [0.1, 0.15) is 6.07 Å². The predicted molar refractivity (Wildman–Crippen MR) is 52.7 cm³/mol. The van der Waals surface area contributed by atoms with Gasteiger partial charge < -0.3 is 5.11 Å². The molecule has 0 amide bonds. The fourth-order valence-corrected chi connectivity index (χ4v) is 1.66. The standard InChI is InChI=1S/C9H5Cl2NO2/c10-3-7-6(9(13)14)2-1-5(4-12)8(7)11/h1-2H,3H2,(H,13,14). The highest BCUT2D eigenvalue weighted by atomic mass is 35.5. The average molecular weight is 230 g/mol. The van der Waals surface area contributed by atoms with Gasteiger partial charge in [-0.1, -0.05) is 11.6 Å². The summed E-state index contributed by atoms with van der Waals surface area (Å²) >= 11 is 11.3. The molecule has 0 saturated heterocycles. The van der Waals surface area contributed by atoms with Crippen LogP contribution in [0.2, 0.25) is 5.02 Å². The van der Waals surface area contributed by atoms with Crippen molar-refractivity contribution < 1.29 is 9.90 Å². The zero-order chi connectivity index (χ0) is 10.7. The van der Waals surface area contributed by atoms with Crippen LogP contribution in [0.3, 0.4) is 0 Å². The fourth-order valence-electron chi connectivity index (χ4n) is 1.04. The molecule has 0 aliphatic heterocycles. The minimum atomic E-state index is -1.10. The lowest BCUT2D eigenvalue weighted by Crippen LogP contribution is -2.02. The number of nitrogens with zero attached hydrogens (tertiary/aromatic N) is 1. The van der Waals surface area contributed by atoms with E-state index in [0.717, 1.165) is 0 Å². The van der Waals surface area contributed by atoms with Crippen LogP contribution in [0, 0.1) is 11.3 Å². The minimum absolute atomic E-state index is 0.0315. The van der Waals surface area contributed by atoms with E-state index in [0.29, 0.717) is 0 Å². The number of nitriles is 1. The van der Waals surface area contributed by atoms with E-state index in [-0.39, 0.29) is 27.6 Å². The van der Waals surface area contributed by atoms with Gasteiger partial charge in [-0.25, -0.2) is 4.79 Å². The molecule has 72 valence electrons. The molecular formula is C9H5Cl2NO2. The quantitative estimate of drug-likeness (QED) is 0.794. The van der Waals surface area contributed by atoms with Crippen molar-refractivity contribution in [1.29, 1.82) is 5.26 Å². The topological polar surface area (TPSA) is 61.1 Å². The highest BCUT2D eigenvalue weighted by molar-refractivity contribution is 6.34. The molecule has 0 aliphatic carbocycles. The van der Waals surface area contributed by atoms with Crippen molar-refractivity contribution in [3.05, 3.63) is 33.8 Å². The third-order valence-electron chi connectivity index (χ3n) is 1.73. The number of benzene rings is 1. The molecule has 0 heterocycles. The molecule has 0 atom stereocenters. The molecule has 0 spiro atoms. The number of carboxylic acid groups (broad SMARTS) is 1. The van der Waals surface area contributed by atoms with Crippen molar-refractivity contribution in [2.75, 3.05) is 0 Å². The van der Waals surface area contributed by atoms with E-state index in [4.69, 9.17) is 33.6 Å². The second-order valence-corrected chi connectivity index (χ2v) is 3.15. The zero-order valence-corrected chi connectivity index (χ0v) is 8.43. The van der Waals surface area contributed by atoms with Crippen LogP contribution in [-0.2, 0) is 5.88 Å². The Balaban J connectivity index is 3.45. The van der Waals surface area contributed by atoms with Crippen LogP contribution in [0.25, 0.3) is 0 Å². The van der Waals surface area contributed by atoms with E-state index >= 15 is 0 Å². The summed E-state index contributed by atoms with van der Waals surface area (Å²) in [5.74, 6) is -1.14.